The number of nitro benzene ring substituents is 2. The van der Waals surface area contributed by atoms with Gasteiger partial charge >= 0.3 is 19.8 Å². The van der Waals surface area contributed by atoms with Gasteiger partial charge in [-0.05, 0) is 10.5 Å². The molecule has 3 rings (SSSR count). The predicted molar refractivity (Wildman–Crippen MR) is 97.4 cm³/mol. The van der Waals surface area contributed by atoms with Crippen molar-refractivity contribution in [1.29, 1.82) is 0 Å². The van der Waals surface area contributed by atoms with Gasteiger partial charge in [-0.15, -0.1) is 5.20 Å². The van der Waals surface area contributed by atoms with Gasteiger partial charge in [0.1, 0.15) is 13.2 Å². The highest BCUT2D eigenvalue weighted by atomic mass is 31.2. The van der Waals surface area contributed by atoms with Crippen molar-refractivity contribution in [2.24, 2.45) is 5.50 Å². The Morgan fingerprint density at radius 1 is 1.10 bits per heavy atom. The summed E-state index contributed by atoms with van der Waals surface area (Å²) in [4.78, 5) is 49.8. The Labute approximate surface area is 172 Å². The fourth-order valence-corrected chi connectivity index (χ4v) is 3.95. The minimum Gasteiger partial charge on any atom is -0.447 e. The summed E-state index contributed by atoms with van der Waals surface area (Å²) in [5.74, 6) is 0. The third-order valence-electron chi connectivity index (χ3n) is 3.96. The third kappa shape index (κ3) is 5.04. The van der Waals surface area contributed by atoms with Crippen molar-refractivity contribution in [2.75, 3.05) is 26.3 Å². The van der Waals surface area contributed by atoms with E-state index in [1.165, 1.54) is 0 Å². The summed E-state index contributed by atoms with van der Waals surface area (Å²) in [5.41, 5.74) is 4.60. The molecule has 0 bridgehead atoms. The maximum atomic E-state index is 13.1. The average Bonchev–Trinajstić information content (AvgIpc) is 3.29. The van der Waals surface area contributed by atoms with Gasteiger partial charge in [-0.3, -0.25) is 35.1 Å². The number of nitro groups is 2. The molecular formula is C13H16N7O10P. The zero-order chi connectivity index (χ0) is 22.8. The molecule has 31 heavy (non-hydrogen) atoms. The molecule has 18 heteroatoms. The molecule has 0 radical (unpaired) electrons. The number of hydrogen-bond acceptors (Lipinski definition) is 10. The van der Waals surface area contributed by atoms with Crippen LogP contribution in [0.5, 0.6) is 0 Å². The second-order valence-corrected chi connectivity index (χ2v) is 7.91. The van der Waals surface area contributed by atoms with E-state index in [2.05, 4.69) is 5.20 Å². The van der Waals surface area contributed by atoms with Crippen LogP contribution in [0.4, 0.5) is 21.0 Å². The van der Waals surface area contributed by atoms with Crippen molar-refractivity contribution in [3.05, 3.63) is 44.0 Å². The first-order valence-corrected chi connectivity index (χ1v) is 10.2. The fraction of sp³-hybridized carbons (Fsp3) is 0.385. The Morgan fingerprint density at radius 3 is 2.16 bits per heavy atom. The van der Waals surface area contributed by atoms with Crippen molar-refractivity contribution < 1.29 is 38.3 Å². The summed E-state index contributed by atoms with van der Waals surface area (Å²) in [7, 11) is -4.33. The number of carbonyl (C=O) groups is 2. The molecule has 0 spiro atoms. The van der Waals surface area contributed by atoms with Gasteiger partial charge in [0.05, 0.1) is 35.6 Å². The minimum atomic E-state index is -4.33. The molecule has 0 aliphatic carbocycles. The highest BCUT2D eigenvalue weighted by Crippen LogP contribution is 2.41. The van der Waals surface area contributed by atoms with E-state index in [0.717, 1.165) is 28.2 Å². The van der Waals surface area contributed by atoms with Crippen LogP contribution in [0.15, 0.2) is 18.2 Å². The number of hydrazine groups is 2. The molecule has 2 aliphatic rings. The Bertz CT molecular complexity index is 942. The molecule has 2 amide bonds. The van der Waals surface area contributed by atoms with Crippen LogP contribution in [-0.2, 0) is 25.5 Å². The lowest BCUT2D eigenvalue weighted by atomic mass is 10.2. The summed E-state index contributed by atoms with van der Waals surface area (Å²) < 4.78 is 22.5. The molecule has 0 aromatic heterocycles. The van der Waals surface area contributed by atoms with Crippen LogP contribution in [0.2, 0.25) is 0 Å². The van der Waals surface area contributed by atoms with Gasteiger partial charge in [0, 0.05) is 12.1 Å². The first-order valence-electron chi connectivity index (χ1n) is 8.50. The molecule has 168 valence electrons. The number of rotatable bonds is 9. The number of nitrogens with two attached hydrogens (primary N) is 1. The van der Waals surface area contributed by atoms with Crippen LogP contribution in [0.1, 0.15) is 5.56 Å². The number of non-ortho nitro benzene ring substituents is 2. The van der Waals surface area contributed by atoms with Crippen LogP contribution in [-0.4, -0.2) is 63.3 Å². The van der Waals surface area contributed by atoms with Gasteiger partial charge in [-0.2, -0.15) is 0 Å². The lowest BCUT2D eigenvalue weighted by molar-refractivity contribution is -0.394. The maximum Gasteiger partial charge on any atom is 0.426 e. The van der Waals surface area contributed by atoms with Crippen LogP contribution < -0.4 is 10.7 Å². The summed E-state index contributed by atoms with van der Waals surface area (Å²) in [5, 5.41) is 25.9. The van der Waals surface area contributed by atoms with Crippen molar-refractivity contribution in [1.82, 2.24) is 20.2 Å². The molecule has 0 saturated carbocycles. The van der Waals surface area contributed by atoms with E-state index in [-0.39, 0.29) is 31.9 Å². The smallest absolute Gasteiger partial charge is 0.426 e. The highest BCUT2D eigenvalue weighted by molar-refractivity contribution is 7.56. The summed E-state index contributed by atoms with van der Waals surface area (Å²) in [6, 6.07) is 2.76. The lowest BCUT2D eigenvalue weighted by Gasteiger charge is -2.33. The number of nitrogens with one attached hydrogen (secondary N) is 1. The number of nitrogens with zero attached hydrogens (tertiary/aromatic N) is 5. The Hall–Kier alpha value is -3.37. The number of cyclic esters (lactones) is 2. The van der Waals surface area contributed by atoms with E-state index in [0.29, 0.717) is 4.94 Å². The highest BCUT2D eigenvalue weighted by Gasteiger charge is 2.42. The Balaban J connectivity index is 1.85. The standard InChI is InChI=1S/C13H16N7O10P/c14-31(27,15-16-1-3-28-12(16)21)20(17-2-4-29-13(17)22)30-8-9-5-10(18(23)24)7-11(6-9)19(25)26/h5-7H,1-4,8H2,(H3,14,15,27). The predicted octanol–water partition coefficient (Wildman–Crippen LogP) is 0.627. The molecule has 2 saturated heterocycles. The van der Waals surface area contributed by atoms with E-state index in [9.17, 15) is 34.4 Å². The molecule has 2 aliphatic heterocycles. The topological polar surface area (TPSA) is 213 Å². The summed E-state index contributed by atoms with van der Waals surface area (Å²) in [6.45, 7) is -0.765. The normalized spacial score (nSPS) is 18.1. The first-order chi connectivity index (χ1) is 14.6. The molecule has 1 atom stereocenters. The largest absolute Gasteiger partial charge is 0.447 e. The Morgan fingerprint density at radius 2 is 1.68 bits per heavy atom. The minimum absolute atomic E-state index is 0.00931. The quantitative estimate of drug-likeness (QED) is 0.293. The summed E-state index contributed by atoms with van der Waals surface area (Å²) >= 11 is 0. The molecule has 1 unspecified atom stereocenters. The number of carbonyl (C=O) groups excluding carboxylic acids is 2. The molecular weight excluding hydrogens is 445 g/mol. The van der Waals surface area contributed by atoms with Crippen molar-refractivity contribution in [3.8, 4) is 0 Å². The van der Waals surface area contributed by atoms with Crippen LogP contribution in [0, 0.1) is 20.2 Å². The molecule has 3 N–H and O–H groups in total. The zero-order valence-electron chi connectivity index (χ0n) is 15.6. The number of ether oxygens (including phenoxy) is 2. The molecule has 1 aromatic rings. The van der Waals surface area contributed by atoms with E-state index in [1.807, 2.05) is 0 Å². The van der Waals surface area contributed by atoms with Crippen LogP contribution in [0.25, 0.3) is 0 Å². The van der Waals surface area contributed by atoms with Crippen LogP contribution in [0.3, 0.4) is 0 Å². The second kappa shape index (κ2) is 8.78. The monoisotopic (exact) mass is 461 g/mol. The zero-order valence-corrected chi connectivity index (χ0v) is 16.5. The second-order valence-electron chi connectivity index (χ2n) is 6.12. The van der Waals surface area contributed by atoms with Gasteiger partial charge in [0.25, 0.3) is 11.4 Å². The fourth-order valence-electron chi connectivity index (χ4n) is 2.63. The van der Waals surface area contributed by atoms with Gasteiger partial charge in [0.2, 0.25) is 0 Å². The number of hydrogen-bond donors (Lipinski definition) is 2. The molecule has 2 heterocycles. The van der Waals surface area contributed by atoms with E-state index < -0.39 is 47.6 Å². The maximum absolute atomic E-state index is 13.1. The van der Waals surface area contributed by atoms with Crippen molar-refractivity contribution >= 4 is 31.2 Å². The van der Waals surface area contributed by atoms with Gasteiger partial charge < -0.3 is 9.47 Å². The SMILES string of the molecule is NP(=O)(NN1CCOC1=O)N(OCc1cc([N+](=O)[O-])cc([N+](=O)[O-])c1)N1CCOC1=O. The molecule has 1 aromatic carbocycles. The molecule has 17 nitrogen and oxygen atoms in total. The Kier molecular flexibility index (Phi) is 6.32. The van der Waals surface area contributed by atoms with Crippen molar-refractivity contribution in [3.63, 3.8) is 0 Å². The van der Waals surface area contributed by atoms with Crippen LogP contribution >= 0.6 is 7.59 Å². The molecule has 2 fully saturated rings. The number of amides is 2. The lowest BCUT2D eigenvalue weighted by Crippen LogP contribution is -2.49. The third-order valence-corrected chi connectivity index (χ3v) is 5.32. The van der Waals surface area contributed by atoms with Gasteiger partial charge in [0.15, 0.2) is 0 Å². The first kappa shape index (κ1) is 22.3. The van der Waals surface area contributed by atoms with Gasteiger partial charge in [-0.1, -0.05) is 0 Å². The summed E-state index contributed by atoms with van der Waals surface area (Å²) in [6.07, 6.45) is -1.81. The number of benzene rings is 1. The van der Waals surface area contributed by atoms with E-state index in [1.54, 1.807) is 0 Å². The van der Waals surface area contributed by atoms with E-state index >= 15 is 0 Å². The van der Waals surface area contributed by atoms with E-state index in [4.69, 9.17) is 19.8 Å². The average molecular weight is 461 g/mol. The van der Waals surface area contributed by atoms with Crippen molar-refractivity contribution in [2.45, 2.75) is 6.61 Å². The van der Waals surface area contributed by atoms with Gasteiger partial charge in [-0.25, -0.2) is 19.6 Å².